The first-order valence-electron chi connectivity index (χ1n) is 12.5. The lowest BCUT2D eigenvalue weighted by Gasteiger charge is -2.31. The molecular weight excluding hydrogens is 556 g/mol. The first-order valence-corrected chi connectivity index (χ1v) is 13.3. The Balaban J connectivity index is 1.66. The van der Waals surface area contributed by atoms with E-state index in [2.05, 4.69) is 21.2 Å². The van der Waals surface area contributed by atoms with Crippen LogP contribution in [0.5, 0.6) is 5.75 Å². The quantitative estimate of drug-likeness (QED) is 0.225. The van der Waals surface area contributed by atoms with Crippen LogP contribution < -0.4 is 15.6 Å². The molecule has 7 nitrogen and oxygen atoms in total. The number of hydrogen-bond acceptors (Lipinski definition) is 4. The summed E-state index contributed by atoms with van der Waals surface area (Å²) in [5, 5.41) is 3.48. The second-order valence-corrected chi connectivity index (χ2v) is 9.94. The molecule has 0 saturated heterocycles. The number of methoxy groups -OCH3 is 1. The number of rotatable bonds is 7. The summed E-state index contributed by atoms with van der Waals surface area (Å²) in [5.41, 5.74) is 2.48. The summed E-state index contributed by atoms with van der Waals surface area (Å²) < 4.78 is 8.08. The van der Waals surface area contributed by atoms with Gasteiger partial charge in [-0.05, 0) is 61.0 Å². The summed E-state index contributed by atoms with van der Waals surface area (Å²) in [5.74, 6) is 0.948. The van der Waals surface area contributed by atoms with Crippen LogP contribution in [0.2, 0.25) is 0 Å². The van der Waals surface area contributed by atoms with E-state index in [0.29, 0.717) is 40.4 Å². The van der Waals surface area contributed by atoms with Crippen molar-refractivity contribution in [2.45, 2.75) is 19.5 Å². The predicted molar refractivity (Wildman–Crippen MR) is 157 cm³/mol. The number of aromatic nitrogens is 2. The molecule has 0 aliphatic rings. The third kappa shape index (κ3) is 5.56. The van der Waals surface area contributed by atoms with Crippen molar-refractivity contribution in [2.75, 3.05) is 12.4 Å². The number of fused-ring (bicyclic) bond motifs is 1. The van der Waals surface area contributed by atoms with Crippen molar-refractivity contribution >= 4 is 38.6 Å². The zero-order chi connectivity index (χ0) is 27.4. The maximum absolute atomic E-state index is 13.9. The lowest BCUT2D eigenvalue weighted by Crippen LogP contribution is -2.39. The number of para-hydroxylation sites is 3. The van der Waals surface area contributed by atoms with E-state index in [1.54, 1.807) is 28.7 Å². The number of nitrogens with zero attached hydrogens (tertiary/aromatic N) is 3. The van der Waals surface area contributed by atoms with Crippen molar-refractivity contribution in [1.29, 1.82) is 0 Å². The Bertz CT molecular complexity index is 1670. The molecule has 0 bridgehead atoms. The van der Waals surface area contributed by atoms with Gasteiger partial charge in [-0.25, -0.2) is 9.78 Å². The third-order valence-corrected chi connectivity index (χ3v) is 7.05. The number of ether oxygens (including phenoxy) is 1. The Morgan fingerprint density at radius 3 is 2.36 bits per heavy atom. The molecule has 0 spiro atoms. The van der Waals surface area contributed by atoms with Crippen molar-refractivity contribution in [3.05, 3.63) is 129 Å². The monoisotopic (exact) mass is 582 g/mol. The number of carbonyl (C=O) groups excluding carboxylic acids is 1. The number of halogens is 1. The van der Waals surface area contributed by atoms with E-state index in [0.717, 1.165) is 10.0 Å². The molecule has 5 rings (SSSR count). The Kier molecular flexibility index (Phi) is 7.74. The van der Waals surface area contributed by atoms with Crippen LogP contribution in [0.25, 0.3) is 16.6 Å². The van der Waals surface area contributed by atoms with Gasteiger partial charge in [0.15, 0.2) is 0 Å². The zero-order valence-corrected chi connectivity index (χ0v) is 23.1. The molecule has 1 atom stereocenters. The van der Waals surface area contributed by atoms with Crippen LogP contribution in [0, 0.1) is 0 Å². The topological polar surface area (TPSA) is 76.5 Å². The van der Waals surface area contributed by atoms with E-state index in [4.69, 9.17) is 9.72 Å². The van der Waals surface area contributed by atoms with E-state index >= 15 is 0 Å². The number of hydrogen-bond donors (Lipinski definition) is 1. The molecule has 0 saturated carbocycles. The van der Waals surface area contributed by atoms with Crippen LogP contribution in [0.15, 0.2) is 112 Å². The molecular formula is C31H27BrN4O3. The van der Waals surface area contributed by atoms with Gasteiger partial charge in [0, 0.05) is 16.7 Å². The van der Waals surface area contributed by atoms with Crippen LogP contribution in [0.1, 0.15) is 24.4 Å². The van der Waals surface area contributed by atoms with Crippen LogP contribution in [0.3, 0.4) is 0 Å². The number of amides is 2. The van der Waals surface area contributed by atoms with Gasteiger partial charge in [0.25, 0.3) is 5.56 Å². The van der Waals surface area contributed by atoms with Crippen LogP contribution >= 0.6 is 15.9 Å². The minimum absolute atomic E-state index is 0.236. The fourth-order valence-corrected chi connectivity index (χ4v) is 4.77. The molecule has 5 aromatic rings. The van der Waals surface area contributed by atoms with E-state index in [-0.39, 0.29) is 11.6 Å². The molecule has 2 amide bonds. The molecule has 39 heavy (non-hydrogen) atoms. The maximum atomic E-state index is 13.9. The van der Waals surface area contributed by atoms with Gasteiger partial charge in [-0.15, -0.1) is 0 Å². The Labute approximate surface area is 234 Å². The van der Waals surface area contributed by atoms with Gasteiger partial charge in [0.05, 0.1) is 29.7 Å². The van der Waals surface area contributed by atoms with Gasteiger partial charge in [0.2, 0.25) is 0 Å². The lowest BCUT2D eigenvalue weighted by molar-refractivity contribution is 0.185. The highest BCUT2D eigenvalue weighted by atomic mass is 79.9. The van der Waals surface area contributed by atoms with Gasteiger partial charge in [-0.1, -0.05) is 70.5 Å². The number of carbonyl (C=O) groups is 1. The highest BCUT2D eigenvalue weighted by Gasteiger charge is 2.28. The molecule has 1 unspecified atom stereocenters. The number of anilines is 1. The molecule has 0 fully saturated rings. The molecule has 0 radical (unpaired) electrons. The Morgan fingerprint density at radius 2 is 1.62 bits per heavy atom. The summed E-state index contributed by atoms with van der Waals surface area (Å²) in [6, 6.07) is 30.7. The highest BCUT2D eigenvalue weighted by molar-refractivity contribution is 9.10. The fourth-order valence-electron chi connectivity index (χ4n) is 4.51. The zero-order valence-electron chi connectivity index (χ0n) is 21.5. The van der Waals surface area contributed by atoms with Crippen molar-refractivity contribution < 1.29 is 9.53 Å². The minimum atomic E-state index is -0.595. The first-order chi connectivity index (χ1) is 19.0. The smallest absolute Gasteiger partial charge is 0.322 e. The molecule has 8 heteroatoms. The molecule has 1 N–H and O–H groups in total. The van der Waals surface area contributed by atoms with Crippen LogP contribution in [-0.4, -0.2) is 27.6 Å². The maximum Gasteiger partial charge on any atom is 0.322 e. The van der Waals surface area contributed by atoms with E-state index in [1.807, 2.05) is 97.9 Å². The predicted octanol–water partition coefficient (Wildman–Crippen LogP) is 6.95. The second-order valence-electron chi connectivity index (χ2n) is 9.03. The van der Waals surface area contributed by atoms with Gasteiger partial charge >= 0.3 is 6.03 Å². The van der Waals surface area contributed by atoms with Gasteiger partial charge < -0.3 is 15.0 Å². The van der Waals surface area contributed by atoms with Crippen LogP contribution in [0.4, 0.5) is 10.5 Å². The third-order valence-electron chi connectivity index (χ3n) is 6.52. The first kappa shape index (κ1) is 26.2. The fraction of sp³-hybridized carbons (Fsp3) is 0.129. The molecule has 196 valence electrons. The molecule has 1 heterocycles. The summed E-state index contributed by atoms with van der Waals surface area (Å²) in [4.78, 5) is 34.4. The Hall–Kier alpha value is -4.43. The van der Waals surface area contributed by atoms with Gasteiger partial charge in [0.1, 0.15) is 11.6 Å². The van der Waals surface area contributed by atoms with Crippen molar-refractivity contribution in [3.8, 4) is 11.4 Å². The summed E-state index contributed by atoms with van der Waals surface area (Å²) in [7, 11) is 1.56. The second kappa shape index (κ2) is 11.5. The minimum Gasteiger partial charge on any atom is -0.495 e. The van der Waals surface area contributed by atoms with Crippen LogP contribution in [-0.2, 0) is 6.54 Å². The summed E-state index contributed by atoms with van der Waals surface area (Å²) in [6.07, 6.45) is 0. The average molecular weight is 583 g/mol. The number of urea groups is 1. The van der Waals surface area contributed by atoms with Crippen molar-refractivity contribution in [2.24, 2.45) is 0 Å². The van der Waals surface area contributed by atoms with Gasteiger partial charge in [-0.3, -0.25) is 9.36 Å². The standard InChI is InChI=1S/C31H27BrN4O3/c1-21(35(20-22-10-4-3-5-11-22)31(38)33-24-18-16-23(32)17-19-24)29-34-26-13-7-6-12-25(26)30(37)36(29)27-14-8-9-15-28(27)39-2/h3-19,21H,20H2,1-2H3,(H,33,38). The van der Waals surface area contributed by atoms with Crippen molar-refractivity contribution in [3.63, 3.8) is 0 Å². The van der Waals surface area contributed by atoms with E-state index < -0.39 is 6.04 Å². The average Bonchev–Trinajstić information content (AvgIpc) is 2.97. The molecule has 1 aromatic heterocycles. The highest BCUT2D eigenvalue weighted by Crippen LogP contribution is 2.29. The van der Waals surface area contributed by atoms with E-state index in [9.17, 15) is 9.59 Å². The van der Waals surface area contributed by atoms with Crippen molar-refractivity contribution in [1.82, 2.24) is 14.5 Å². The lowest BCUT2D eigenvalue weighted by atomic mass is 10.1. The molecule has 0 aliphatic heterocycles. The summed E-state index contributed by atoms with van der Waals surface area (Å²) in [6.45, 7) is 2.19. The number of nitrogens with one attached hydrogen (secondary N) is 1. The molecule has 0 aliphatic carbocycles. The normalized spacial score (nSPS) is 11.7. The largest absolute Gasteiger partial charge is 0.495 e. The Morgan fingerprint density at radius 1 is 0.949 bits per heavy atom. The SMILES string of the molecule is COc1ccccc1-n1c(C(C)N(Cc2ccccc2)C(=O)Nc2ccc(Br)cc2)nc2ccccc2c1=O. The summed E-state index contributed by atoms with van der Waals surface area (Å²) >= 11 is 3.43. The number of benzene rings is 4. The molecule has 4 aromatic carbocycles. The van der Waals surface area contributed by atoms with Gasteiger partial charge in [-0.2, -0.15) is 0 Å². The van der Waals surface area contributed by atoms with E-state index in [1.165, 1.54) is 0 Å².